The fourth-order valence-corrected chi connectivity index (χ4v) is 1.63. The summed E-state index contributed by atoms with van der Waals surface area (Å²) in [7, 11) is 0. The minimum Gasteiger partial charge on any atom is -0.393 e. The summed E-state index contributed by atoms with van der Waals surface area (Å²) in [5.74, 6) is -0.0147. The fraction of sp³-hybridized carbons (Fsp3) is 0.600. The fourth-order valence-electron chi connectivity index (χ4n) is 1.63. The van der Waals surface area contributed by atoms with Gasteiger partial charge in [0.1, 0.15) is 12.6 Å². The molecule has 3 heteroatoms. The summed E-state index contributed by atoms with van der Waals surface area (Å²) in [6.45, 7) is 0. The maximum Gasteiger partial charge on any atom is 0.145 e. The van der Waals surface area contributed by atoms with Crippen molar-refractivity contribution >= 4 is 12.6 Å². The van der Waals surface area contributed by atoms with Gasteiger partial charge in [-0.15, -0.1) is 0 Å². The first kappa shape index (κ1) is 10.1. The van der Waals surface area contributed by atoms with Crippen LogP contribution in [0, 0.1) is 5.92 Å². The third kappa shape index (κ3) is 2.77. The van der Waals surface area contributed by atoms with Crippen molar-refractivity contribution < 1.29 is 14.7 Å². The van der Waals surface area contributed by atoms with E-state index >= 15 is 0 Å². The summed E-state index contributed by atoms with van der Waals surface area (Å²) in [4.78, 5) is 20.6. The lowest BCUT2D eigenvalue weighted by molar-refractivity contribution is -0.108. The predicted molar refractivity (Wildman–Crippen MR) is 48.2 cm³/mol. The first-order valence-corrected chi connectivity index (χ1v) is 4.55. The summed E-state index contributed by atoms with van der Waals surface area (Å²) >= 11 is 0. The van der Waals surface area contributed by atoms with E-state index in [4.69, 9.17) is 0 Å². The Morgan fingerprint density at radius 2 is 2.31 bits per heavy atom. The monoisotopic (exact) mass is 182 g/mol. The minimum absolute atomic E-state index is 0.0147. The van der Waals surface area contributed by atoms with Gasteiger partial charge in [-0.05, 0) is 24.8 Å². The zero-order chi connectivity index (χ0) is 9.68. The second-order valence-electron chi connectivity index (χ2n) is 3.37. The molecule has 0 aliphatic heterocycles. The molecular weight excluding hydrogens is 168 g/mol. The number of carbonyl (C=O) groups excluding carboxylic acids is 2. The van der Waals surface area contributed by atoms with E-state index in [1.807, 2.05) is 0 Å². The Morgan fingerprint density at radius 3 is 2.92 bits per heavy atom. The molecule has 13 heavy (non-hydrogen) atoms. The van der Waals surface area contributed by atoms with E-state index in [0.29, 0.717) is 25.7 Å². The van der Waals surface area contributed by atoms with Crippen LogP contribution in [0.2, 0.25) is 0 Å². The summed E-state index contributed by atoms with van der Waals surface area (Å²) in [6, 6.07) is 0. The van der Waals surface area contributed by atoms with Crippen LogP contribution in [0.5, 0.6) is 0 Å². The lowest BCUT2D eigenvalue weighted by Gasteiger charge is -2.24. The van der Waals surface area contributed by atoms with E-state index in [9.17, 15) is 14.7 Å². The Hall–Kier alpha value is -0.960. The molecule has 0 aromatic carbocycles. The topological polar surface area (TPSA) is 54.4 Å². The predicted octanol–water partition coefficient (Wildman–Crippen LogP) is 0.862. The minimum atomic E-state index is -0.386. The van der Waals surface area contributed by atoms with Crippen molar-refractivity contribution in [2.75, 3.05) is 0 Å². The molecule has 1 aliphatic carbocycles. The Labute approximate surface area is 77.4 Å². The van der Waals surface area contributed by atoms with Crippen molar-refractivity contribution in [3.63, 3.8) is 0 Å². The second-order valence-corrected chi connectivity index (χ2v) is 3.37. The van der Waals surface area contributed by atoms with Crippen molar-refractivity contribution in [1.82, 2.24) is 0 Å². The summed E-state index contributed by atoms with van der Waals surface area (Å²) in [5.41, 5.74) is 0.751. The number of aldehydes is 2. The second kappa shape index (κ2) is 4.92. The molecule has 0 bridgehead atoms. The highest BCUT2D eigenvalue weighted by Gasteiger charge is 2.21. The van der Waals surface area contributed by atoms with Gasteiger partial charge in [-0.25, -0.2) is 0 Å². The maximum atomic E-state index is 10.5. The highest BCUT2D eigenvalue weighted by atomic mass is 16.3. The van der Waals surface area contributed by atoms with Crippen LogP contribution in [-0.2, 0) is 9.59 Å². The van der Waals surface area contributed by atoms with Gasteiger partial charge in [-0.2, -0.15) is 0 Å². The zero-order valence-corrected chi connectivity index (χ0v) is 7.48. The molecule has 0 saturated heterocycles. The Balaban J connectivity index is 2.57. The molecule has 1 N–H and O–H groups in total. The van der Waals surface area contributed by atoms with Crippen LogP contribution in [0.25, 0.3) is 0 Å². The van der Waals surface area contributed by atoms with Crippen LogP contribution in [0.3, 0.4) is 0 Å². The van der Waals surface area contributed by atoms with E-state index in [0.717, 1.165) is 18.1 Å². The smallest absolute Gasteiger partial charge is 0.145 e. The van der Waals surface area contributed by atoms with Gasteiger partial charge in [0.15, 0.2) is 0 Å². The number of aliphatic hydroxyl groups is 1. The molecule has 0 unspecified atom stereocenters. The summed E-state index contributed by atoms with van der Waals surface area (Å²) < 4.78 is 0. The van der Waals surface area contributed by atoms with Crippen LogP contribution < -0.4 is 0 Å². The van der Waals surface area contributed by atoms with Crippen LogP contribution in [0.1, 0.15) is 25.7 Å². The van der Waals surface area contributed by atoms with Gasteiger partial charge in [0.05, 0.1) is 6.10 Å². The quantitative estimate of drug-likeness (QED) is 0.656. The number of rotatable bonds is 4. The zero-order valence-electron chi connectivity index (χ0n) is 7.48. The molecule has 1 aliphatic rings. The summed E-state index contributed by atoms with van der Waals surface area (Å²) in [5, 5.41) is 9.53. The van der Waals surface area contributed by atoms with Gasteiger partial charge < -0.3 is 9.90 Å². The lowest BCUT2D eigenvalue weighted by atomic mass is 9.85. The molecular formula is C10H14O3. The van der Waals surface area contributed by atoms with E-state index in [-0.39, 0.29) is 12.0 Å². The highest BCUT2D eigenvalue weighted by Crippen LogP contribution is 2.25. The molecule has 0 amide bonds. The number of carbonyl (C=O) groups is 2. The first-order chi connectivity index (χ1) is 6.27. The molecule has 0 fully saturated rings. The molecule has 2 atom stereocenters. The van der Waals surface area contributed by atoms with Gasteiger partial charge in [-0.1, -0.05) is 6.08 Å². The Bertz CT molecular complexity index is 220. The molecule has 0 radical (unpaired) electrons. The van der Waals surface area contributed by atoms with E-state index in [1.165, 1.54) is 0 Å². The highest BCUT2D eigenvalue weighted by molar-refractivity contribution is 5.73. The molecule has 0 aromatic rings. The van der Waals surface area contributed by atoms with E-state index < -0.39 is 0 Å². The molecule has 3 nitrogen and oxygen atoms in total. The van der Waals surface area contributed by atoms with Crippen molar-refractivity contribution in [2.45, 2.75) is 31.8 Å². The average Bonchev–Trinajstić information content (AvgIpc) is 2.17. The number of allylic oxidation sites excluding steroid dienone is 1. The maximum absolute atomic E-state index is 10.5. The summed E-state index contributed by atoms with van der Waals surface area (Å²) in [6.07, 6.45) is 5.46. The third-order valence-corrected chi connectivity index (χ3v) is 2.42. The number of hydrogen-bond acceptors (Lipinski definition) is 3. The SMILES string of the molecule is O=CCC[C@@H]1C=C(C=O)CC[C@@H]1O. The normalized spacial score (nSPS) is 27.9. The van der Waals surface area contributed by atoms with E-state index in [1.54, 1.807) is 6.08 Å². The van der Waals surface area contributed by atoms with Crippen LogP contribution in [0.15, 0.2) is 11.6 Å². The van der Waals surface area contributed by atoms with E-state index in [2.05, 4.69) is 0 Å². The molecule has 1 rings (SSSR count). The number of aliphatic hydroxyl groups excluding tert-OH is 1. The van der Waals surface area contributed by atoms with Gasteiger partial charge in [0.25, 0.3) is 0 Å². The van der Waals surface area contributed by atoms with Crippen molar-refractivity contribution in [3.8, 4) is 0 Å². The van der Waals surface area contributed by atoms with Gasteiger partial charge in [0, 0.05) is 12.3 Å². The Morgan fingerprint density at radius 1 is 1.54 bits per heavy atom. The van der Waals surface area contributed by atoms with Crippen LogP contribution >= 0.6 is 0 Å². The van der Waals surface area contributed by atoms with Gasteiger partial charge in [-0.3, -0.25) is 4.79 Å². The van der Waals surface area contributed by atoms with Crippen LogP contribution in [0.4, 0.5) is 0 Å². The third-order valence-electron chi connectivity index (χ3n) is 2.42. The standard InChI is InChI=1S/C10H14O3/c11-5-1-2-9-6-8(7-12)3-4-10(9)13/h5-7,9-10,13H,1-4H2/t9-,10+/m1/s1. The van der Waals surface area contributed by atoms with Crippen molar-refractivity contribution in [1.29, 1.82) is 0 Å². The largest absolute Gasteiger partial charge is 0.393 e. The van der Waals surface area contributed by atoms with Crippen LogP contribution in [-0.4, -0.2) is 23.8 Å². The first-order valence-electron chi connectivity index (χ1n) is 4.55. The van der Waals surface area contributed by atoms with Gasteiger partial charge >= 0.3 is 0 Å². The molecule has 0 heterocycles. The number of hydrogen-bond donors (Lipinski definition) is 1. The molecule has 0 spiro atoms. The average molecular weight is 182 g/mol. The van der Waals surface area contributed by atoms with Crippen molar-refractivity contribution in [3.05, 3.63) is 11.6 Å². The molecule has 72 valence electrons. The lowest BCUT2D eigenvalue weighted by Crippen LogP contribution is -2.23. The Kier molecular flexibility index (Phi) is 3.83. The van der Waals surface area contributed by atoms with Crippen molar-refractivity contribution in [2.24, 2.45) is 5.92 Å². The molecule has 0 saturated carbocycles. The molecule has 0 aromatic heterocycles. The van der Waals surface area contributed by atoms with Gasteiger partial charge in [0.2, 0.25) is 0 Å².